The van der Waals surface area contributed by atoms with Gasteiger partial charge in [-0.2, -0.15) is 0 Å². The lowest BCUT2D eigenvalue weighted by atomic mass is 9.88. The highest BCUT2D eigenvalue weighted by molar-refractivity contribution is 5.06. The van der Waals surface area contributed by atoms with Gasteiger partial charge in [-0.25, -0.2) is 0 Å². The SMILES string of the molecule is CCCC1CC2(CCO1)CC2CNC1CC1. The molecule has 92 valence electrons. The molecule has 0 aromatic rings. The number of hydrogen-bond donors (Lipinski definition) is 1. The molecule has 0 aromatic carbocycles. The van der Waals surface area contributed by atoms with E-state index < -0.39 is 0 Å². The van der Waals surface area contributed by atoms with Gasteiger partial charge in [0.05, 0.1) is 6.10 Å². The second kappa shape index (κ2) is 4.30. The summed E-state index contributed by atoms with van der Waals surface area (Å²) >= 11 is 0. The molecule has 3 atom stereocenters. The number of hydrogen-bond acceptors (Lipinski definition) is 2. The quantitative estimate of drug-likeness (QED) is 0.774. The van der Waals surface area contributed by atoms with Gasteiger partial charge in [0.15, 0.2) is 0 Å². The number of nitrogens with one attached hydrogen (secondary N) is 1. The van der Waals surface area contributed by atoms with Crippen LogP contribution in [0, 0.1) is 11.3 Å². The standard InChI is InChI=1S/C14H25NO/c1-2-3-13-9-14(6-7-16-13)8-11(14)10-15-12-4-5-12/h11-13,15H,2-10H2,1H3. The molecule has 1 heterocycles. The summed E-state index contributed by atoms with van der Waals surface area (Å²) in [6, 6.07) is 0.879. The van der Waals surface area contributed by atoms with Gasteiger partial charge in [-0.15, -0.1) is 0 Å². The fourth-order valence-electron chi connectivity index (χ4n) is 3.42. The Bertz CT molecular complexity index is 249. The van der Waals surface area contributed by atoms with Gasteiger partial charge < -0.3 is 10.1 Å². The Morgan fingerprint density at radius 2 is 2.19 bits per heavy atom. The third kappa shape index (κ3) is 2.28. The Balaban J connectivity index is 1.46. The Labute approximate surface area is 99.1 Å². The fraction of sp³-hybridized carbons (Fsp3) is 1.00. The topological polar surface area (TPSA) is 21.3 Å². The summed E-state index contributed by atoms with van der Waals surface area (Å²) in [7, 11) is 0. The van der Waals surface area contributed by atoms with Crippen LogP contribution < -0.4 is 5.32 Å². The zero-order valence-electron chi connectivity index (χ0n) is 10.5. The van der Waals surface area contributed by atoms with Crippen LogP contribution in [0.2, 0.25) is 0 Å². The molecule has 0 amide bonds. The molecule has 3 rings (SSSR count). The first-order valence-electron chi connectivity index (χ1n) is 7.17. The van der Waals surface area contributed by atoms with Gasteiger partial charge in [0.25, 0.3) is 0 Å². The van der Waals surface area contributed by atoms with Crippen LogP contribution in [-0.2, 0) is 4.74 Å². The highest BCUT2D eigenvalue weighted by Crippen LogP contribution is 2.60. The summed E-state index contributed by atoms with van der Waals surface area (Å²) in [4.78, 5) is 0. The molecule has 2 nitrogen and oxygen atoms in total. The molecule has 0 bridgehead atoms. The first-order chi connectivity index (χ1) is 7.82. The third-order valence-electron chi connectivity index (χ3n) is 4.79. The maximum Gasteiger partial charge on any atom is 0.0580 e. The van der Waals surface area contributed by atoms with Crippen LogP contribution in [0.1, 0.15) is 51.9 Å². The average molecular weight is 223 g/mol. The summed E-state index contributed by atoms with van der Waals surface area (Å²) in [5.74, 6) is 0.969. The lowest BCUT2D eigenvalue weighted by Gasteiger charge is -2.30. The van der Waals surface area contributed by atoms with Crippen molar-refractivity contribution in [3.05, 3.63) is 0 Å². The van der Waals surface area contributed by atoms with Crippen molar-refractivity contribution in [3.8, 4) is 0 Å². The molecule has 3 unspecified atom stereocenters. The van der Waals surface area contributed by atoms with Crippen LogP contribution in [-0.4, -0.2) is 25.3 Å². The summed E-state index contributed by atoms with van der Waals surface area (Å²) in [6.45, 7) is 4.57. The molecule has 3 aliphatic rings. The number of ether oxygens (including phenoxy) is 1. The van der Waals surface area contributed by atoms with Crippen LogP contribution in [0.3, 0.4) is 0 Å². The molecule has 16 heavy (non-hydrogen) atoms. The Morgan fingerprint density at radius 3 is 2.94 bits per heavy atom. The zero-order valence-corrected chi connectivity index (χ0v) is 10.5. The highest BCUT2D eigenvalue weighted by Gasteiger charge is 2.55. The second-order valence-electron chi connectivity index (χ2n) is 6.18. The lowest BCUT2D eigenvalue weighted by Crippen LogP contribution is -2.30. The first kappa shape index (κ1) is 11.0. The molecule has 2 heteroatoms. The Morgan fingerprint density at radius 1 is 1.31 bits per heavy atom. The normalized spacial score (nSPS) is 42.6. The van der Waals surface area contributed by atoms with Crippen LogP contribution >= 0.6 is 0 Å². The van der Waals surface area contributed by atoms with Gasteiger partial charge in [0.1, 0.15) is 0 Å². The molecule has 1 saturated heterocycles. The molecule has 2 aliphatic carbocycles. The Hall–Kier alpha value is -0.0800. The van der Waals surface area contributed by atoms with Crippen molar-refractivity contribution in [1.29, 1.82) is 0 Å². The van der Waals surface area contributed by atoms with Crippen molar-refractivity contribution < 1.29 is 4.74 Å². The van der Waals surface area contributed by atoms with Gasteiger partial charge in [-0.1, -0.05) is 13.3 Å². The van der Waals surface area contributed by atoms with Crippen molar-refractivity contribution in [2.24, 2.45) is 11.3 Å². The van der Waals surface area contributed by atoms with E-state index in [9.17, 15) is 0 Å². The summed E-state index contributed by atoms with van der Waals surface area (Å²) in [5, 5.41) is 3.70. The van der Waals surface area contributed by atoms with Gasteiger partial charge in [-0.3, -0.25) is 0 Å². The van der Waals surface area contributed by atoms with Crippen molar-refractivity contribution in [2.75, 3.05) is 13.2 Å². The van der Waals surface area contributed by atoms with E-state index in [0.29, 0.717) is 11.5 Å². The van der Waals surface area contributed by atoms with Crippen molar-refractivity contribution in [3.63, 3.8) is 0 Å². The molecule has 0 aromatic heterocycles. The largest absolute Gasteiger partial charge is 0.378 e. The molecule has 2 saturated carbocycles. The smallest absolute Gasteiger partial charge is 0.0580 e. The van der Waals surface area contributed by atoms with Gasteiger partial charge in [0.2, 0.25) is 0 Å². The maximum absolute atomic E-state index is 5.86. The van der Waals surface area contributed by atoms with Crippen molar-refractivity contribution in [1.82, 2.24) is 5.32 Å². The minimum absolute atomic E-state index is 0.574. The highest BCUT2D eigenvalue weighted by atomic mass is 16.5. The van der Waals surface area contributed by atoms with Crippen LogP contribution in [0.15, 0.2) is 0 Å². The molecule has 1 aliphatic heterocycles. The van der Waals surface area contributed by atoms with Crippen LogP contribution in [0.4, 0.5) is 0 Å². The van der Waals surface area contributed by atoms with E-state index in [1.807, 2.05) is 0 Å². The van der Waals surface area contributed by atoms with E-state index in [4.69, 9.17) is 4.74 Å². The van der Waals surface area contributed by atoms with E-state index in [-0.39, 0.29) is 0 Å². The predicted molar refractivity (Wildman–Crippen MR) is 65.4 cm³/mol. The monoisotopic (exact) mass is 223 g/mol. The van der Waals surface area contributed by atoms with Crippen molar-refractivity contribution in [2.45, 2.75) is 64.0 Å². The molecule has 1 N–H and O–H groups in total. The molecule has 0 radical (unpaired) electrons. The van der Waals surface area contributed by atoms with Crippen molar-refractivity contribution >= 4 is 0 Å². The first-order valence-corrected chi connectivity index (χ1v) is 7.17. The minimum Gasteiger partial charge on any atom is -0.378 e. The second-order valence-corrected chi connectivity index (χ2v) is 6.18. The fourth-order valence-corrected chi connectivity index (χ4v) is 3.42. The van der Waals surface area contributed by atoms with E-state index >= 15 is 0 Å². The third-order valence-corrected chi connectivity index (χ3v) is 4.79. The average Bonchev–Trinajstić information content (AvgIpc) is 3.15. The van der Waals surface area contributed by atoms with Gasteiger partial charge in [0, 0.05) is 12.6 Å². The molecular formula is C14H25NO. The van der Waals surface area contributed by atoms with Gasteiger partial charge in [-0.05, 0) is 56.4 Å². The van der Waals surface area contributed by atoms with E-state index in [2.05, 4.69) is 12.2 Å². The van der Waals surface area contributed by atoms with E-state index in [1.165, 1.54) is 51.5 Å². The van der Waals surface area contributed by atoms with Crippen LogP contribution in [0.5, 0.6) is 0 Å². The van der Waals surface area contributed by atoms with E-state index in [1.54, 1.807) is 0 Å². The number of rotatable bonds is 5. The molecule has 1 spiro atoms. The Kier molecular flexibility index (Phi) is 2.97. The molecular weight excluding hydrogens is 198 g/mol. The van der Waals surface area contributed by atoms with E-state index in [0.717, 1.165) is 18.6 Å². The molecule has 3 fully saturated rings. The maximum atomic E-state index is 5.86. The predicted octanol–water partition coefficient (Wildman–Crippen LogP) is 2.72. The minimum atomic E-state index is 0.574. The van der Waals surface area contributed by atoms with Crippen LogP contribution in [0.25, 0.3) is 0 Å². The summed E-state index contributed by atoms with van der Waals surface area (Å²) < 4.78 is 5.86. The summed E-state index contributed by atoms with van der Waals surface area (Å²) in [6.07, 6.45) is 10.1. The van der Waals surface area contributed by atoms with Gasteiger partial charge >= 0.3 is 0 Å². The summed E-state index contributed by atoms with van der Waals surface area (Å²) in [5.41, 5.74) is 0.694. The zero-order chi connectivity index (χ0) is 11.0. The lowest BCUT2D eigenvalue weighted by molar-refractivity contribution is -0.0247.